The number of carbonyl (C=O) groups is 1. The Balaban J connectivity index is 1.49. The van der Waals surface area contributed by atoms with E-state index in [-0.39, 0.29) is 12.1 Å². The summed E-state index contributed by atoms with van der Waals surface area (Å²) in [6.07, 6.45) is 2.89. The molecule has 2 heterocycles. The first-order valence-electron chi connectivity index (χ1n) is 8.72. The number of fused-ring (bicyclic) bond motifs is 1. The SMILES string of the molecule is O=C(Cn1cnc2sc(-c3ccccc3)cc2c1=O)N/N=C/c1ccc(Cl)cc1. The standard InChI is InChI=1S/C21H15ClN4O2S/c22-16-8-6-14(7-9-16)11-24-25-19(27)12-26-13-23-20-17(21(26)28)10-18(29-20)15-4-2-1-3-5-15/h1-11,13H,12H2,(H,25,27)/b24-11+. The van der Waals surface area contributed by atoms with E-state index in [4.69, 9.17) is 11.6 Å². The molecule has 4 rings (SSSR count). The summed E-state index contributed by atoms with van der Waals surface area (Å²) in [5, 5.41) is 5.02. The van der Waals surface area contributed by atoms with Gasteiger partial charge in [0.1, 0.15) is 11.4 Å². The maximum Gasteiger partial charge on any atom is 0.262 e. The van der Waals surface area contributed by atoms with Crippen LogP contribution in [-0.2, 0) is 11.3 Å². The van der Waals surface area contributed by atoms with Crippen LogP contribution in [-0.4, -0.2) is 21.7 Å². The number of carbonyl (C=O) groups excluding carboxylic acids is 1. The molecule has 1 amide bonds. The van der Waals surface area contributed by atoms with E-state index in [9.17, 15) is 9.59 Å². The van der Waals surface area contributed by atoms with Crippen molar-refractivity contribution in [1.29, 1.82) is 0 Å². The molecule has 0 aliphatic rings. The number of nitrogens with one attached hydrogen (secondary N) is 1. The summed E-state index contributed by atoms with van der Waals surface area (Å²) in [6, 6.07) is 18.6. The van der Waals surface area contributed by atoms with Crippen LogP contribution >= 0.6 is 22.9 Å². The number of nitrogens with zero attached hydrogens (tertiary/aromatic N) is 3. The average Bonchev–Trinajstić information content (AvgIpc) is 3.18. The van der Waals surface area contributed by atoms with Crippen LogP contribution in [0.15, 0.2) is 76.9 Å². The molecule has 0 atom stereocenters. The molecular formula is C21H15ClN4O2S. The number of hydrogen-bond acceptors (Lipinski definition) is 5. The van der Waals surface area contributed by atoms with Crippen LogP contribution in [0.4, 0.5) is 0 Å². The molecule has 0 radical (unpaired) electrons. The molecule has 2 aromatic heterocycles. The minimum atomic E-state index is -0.419. The predicted octanol–water partition coefficient (Wildman–Crippen LogP) is 3.93. The molecule has 8 heteroatoms. The van der Waals surface area contributed by atoms with Gasteiger partial charge in [-0.2, -0.15) is 5.10 Å². The van der Waals surface area contributed by atoms with Crippen molar-refractivity contribution >= 4 is 45.3 Å². The van der Waals surface area contributed by atoms with Crippen molar-refractivity contribution in [2.75, 3.05) is 0 Å². The van der Waals surface area contributed by atoms with E-state index >= 15 is 0 Å². The lowest BCUT2D eigenvalue weighted by Gasteiger charge is -2.03. The fourth-order valence-corrected chi connectivity index (χ4v) is 3.86. The third kappa shape index (κ3) is 4.42. The fourth-order valence-electron chi connectivity index (χ4n) is 2.73. The van der Waals surface area contributed by atoms with Crippen molar-refractivity contribution in [2.24, 2.45) is 5.10 Å². The maximum absolute atomic E-state index is 12.7. The number of aromatic nitrogens is 2. The van der Waals surface area contributed by atoms with Crippen molar-refractivity contribution in [3.8, 4) is 10.4 Å². The first-order chi connectivity index (χ1) is 14.1. The molecule has 0 spiro atoms. The highest BCUT2D eigenvalue weighted by molar-refractivity contribution is 7.21. The van der Waals surface area contributed by atoms with E-state index < -0.39 is 5.91 Å². The Morgan fingerprint density at radius 1 is 1.17 bits per heavy atom. The second kappa shape index (κ2) is 8.38. The lowest BCUT2D eigenvalue weighted by molar-refractivity contribution is -0.121. The van der Waals surface area contributed by atoms with E-state index in [0.717, 1.165) is 16.0 Å². The highest BCUT2D eigenvalue weighted by Crippen LogP contribution is 2.30. The van der Waals surface area contributed by atoms with Crippen LogP contribution in [0.1, 0.15) is 5.56 Å². The van der Waals surface area contributed by atoms with Crippen molar-refractivity contribution < 1.29 is 4.79 Å². The van der Waals surface area contributed by atoms with Gasteiger partial charge in [0.2, 0.25) is 0 Å². The van der Waals surface area contributed by atoms with Gasteiger partial charge in [-0.05, 0) is 29.3 Å². The second-order valence-corrected chi connectivity index (χ2v) is 7.68. The van der Waals surface area contributed by atoms with Crippen molar-refractivity contribution in [3.05, 3.63) is 87.9 Å². The molecule has 29 heavy (non-hydrogen) atoms. The van der Waals surface area contributed by atoms with E-state index in [1.165, 1.54) is 28.4 Å². The summed E-state index contributed by atoms with van der Waals surface area (Å²) in [5.74, 6) is -0.419. The zero-order chi connectivity index (χ0) is 20.2. The number of halogens is 1. The summed E-state index contributed by atoms with van der Waals surface area (Å²) in [5.41, 5.74) is 3.97. The normalized spacial score (nSPS) is 11.2. The highest BCUT2D eigenvalue weighted by atomic mass is 35.5. The Hall–Kier alpha value is -3.29. The molecule has 0 aliphatic carbocycles. The van der Waals surface area contributed by atoms with Gasteiger partial charge in [0.15, 0.2) is 0 Å². The smallest absolute Gasteiger partial charge is 0.262 e. The van der Waals surface area contributed by atoms with Gasteiger partial charge in [0.25, 0.3) is 11.5 Å². The van der Waals surface area contributed by atoms with E-state index in [0.29, 0.717) is 15.2 Å². The summed E-state index contributed by atoms with van der Waals surface area (Å²) >= 11 is 7.27. The highest BCUT2D eigenvalue weighted by Gasteiger charge is 2.12. The number of hydrogen-bond donors (Lipinski definition) is 1. The zero-order valence-corrected chi connectivity index (χ0v) is 16.7. The Kier molecular flexibility index (Phi) is 5.50. The summed E-state index contributed by atoms with van der Waals surface area (Å²) in [7, 11) is 0. The third-order valence-corrected chi connectivity index (χ3v) is 5.51. The molecule has 0 aliphatic heterocycles. The first-order valence-corrected chi connectivity index (χ1v) is 9.91. The number of hydrazone groups is 1. The molecule has 1 N–H and O–H groups in total. The molecule has 6 nitrogen and oxygen atoms in total. The molecule has 0 bridgehead atoms. The molecule has 0 unspecified atom stereocenters. The van der Waals surface area contributed by atoms with Crippen LogP contribution in [0.5, 0.6) is 0 Å². The van der Waals surface area contributed by atoms with Crippen molar-refractivity contribution in [2.45, 2.75) is 6.54 Å². The van der Waals surface area contributed by atoms with Crippen molar-refractivity contribution in [1.82, 2.24) is 15.0 Å². The summed E-state index contributed by atoms with van der Waals surface area (Å²) in [4.78, 5) is 30.8. The minimum Gasteiger partial charge on any atom is -0.289 e. The van der Waals surface area contributed by atoms with Gasteiger partial charge in [-0.3, -0.25) is 14.2 Å². The van der Waals surface area contributed by atoms with Crippen LogP contribution in [0.2, 0.25) is 5.02 Å². The minimum absolute atomic E-state index is 0.170. The first kappa shape index (κ1) is 19.0. The molecule has 0 fully saturated rings. The van der Waals surface area contributed by atoms with Gasteiger partial charge in [0, 0.05) is 9.90 Å². The Morgan fingerprint density at radius 2 is 1.93 bits per heavy atom. The predicted molar refractivity (Wildman–Crippen MR) is 117 cm³/mol. The van der Waals surface area contributed by atoms with E-state index in [1.807, 2.05) is 36.4 Å². The Bertz CT molecular complexity index is 1250. The maximum atomic E-state index is 12.7. The molecule has 0 saturated carbocycles. The molecule has 2 aromatic carbocycles. The summed E-state index contributed by atoms with van der Waals surface area (Å²) in [6.45, 7) is -0.170. The number of amides is 1. The monoisotopic (exact) mass is 422 g/mol. The van der Waals surface area contributed by atoms with Gasteiger partial charge in [-0.25, -0.2) is 10.4 Å². The second-order valence-electron chi connectivity index (χ2n) is 6.22. The van der Waals surface area contributed by atoms with Gasteiger partial charge >= 0.3 is 0 Å². The van der Waals surface area contributed by atoms with Gasteiger partial charge in [0.05, 0.1) is 17.9 Å². The van der Waals surface area contributed by atoms with Gasteiger partial charge in [-0.15, -0.1) is 11.3 Å². The number of thiophene rings is 1. The van der Waals surface area contributed by atoms with Crippen LogP contribution in [0.25, 0.3) is 20.7 Å². The number of rotatable bonds is 5. The molecule has 4 aromatic rings. The molecular weight excluding hydrogens is 408 g/mol. The quantitative estimate of drug-likeness (QED) is 0.391. The molecule has 144 valence electrons. The lowest BCUT2D eigenvalue weighted by Crippen LogP contribution is -2.29. The lowest BCUT2D eigenvalue weighted by atomic mass is 10.2. The van der Waals surface area contributed by atoms with Crippen molar-refractivity contribution in [3.63, 3.8) is 0 Å². The van der Waals surface area contributed by atoms with Gasteiger partial charge in [-0.1, -0.05) is 54.1 Å². The Morgan fingerprint density at radius 3 is 2.69 bits per heavy atom. The van der Waals surface area contributed by atoms with E-state index in [2.05, 4.69) is 15.5 Å². The largest absolute Gasteiger partial charge is 0.289 e. The van der Waals surface area contributed by atoms with Crippen LogP contribution in [0.3, 0.4) is 0 Å². The third-order valence-electron chi connectivity index (χ3n) is 4.16. The number of benzene rings is 2. The van der Waals surface area contributed by atoms with Crippen LogP contribution < -0.4 is 11.0 Å². The van der Waals surface area contributed by atoms with E-state index in [1.54, 1.807) is 24.3 Å². The topological polar surface area (TPSA) is 76.3 Å². The Labute approximate surface area is 175 Å². The van der Waals surface area contributed by atoms with Gasteiger partial charge < -0.3 is 0 Å². The summed E-state index contributed by atoms with van der Waals surface area (Å²) < 4.78 is 1.27. The molecule has 0 saturated heterocycles. The average molecular weight is 423 g/mol. The zero-order valence-electron chi connectivity index (χ0n) is 15.1. The fraction of sp³-hybridized carbons (Fsp3) is 0.0476. The van der Waals surface area contributed by atoms with Crippen LogP contribution in [0, 0.1) is 0 Å².